The lowest BCUT2D eigenvalue weighted by Gasteiger charge is -2.31. The van der Waals surface area contributed by atoms with E-state index in [0.29, 0.717) is 24.1 Å². The Morgan fingerprint density at radius 2 is 1.83 bits per heavy atom. The quantitative estimate of drug-likeness (QED) is 0.717. The van der Waals surface area contributed by atoms with Gasteiger partial charge < -0.3 is 10.1 Å². The van der Waals surface area contributed by atoms with Crippen LogP contribution in [0.2, 0.25) is 0 Å². The Labute approximate surface area is 169 Å². The van der Waals surface area contributed by atoms with E-state index in [1.54, 1.807) is 18.6 Å². The highest BCUT2D eigenvalue weighted by atomic mass is 16.5. The van der Waals surface area contributed by atoms with E-state index in [4.69, 9.17) is 4.74 Å². The average Bonchev–Trinajstić information content (AvgIpc) is 2.72. The first kappa shape index (κ1) is 18.7. The lowest BCUT2D eigenvalue weighted by atomic mass is 10.1. The predicted octanol–water partition coefficient (Wildman–Crippen LogP) is 2.99. The second-order valence-electron chi connectivity index (χ2n) is 7.02. The number of methoxy groups -OCH3 is 1. The van der Waals surface area contributed by atoms with Crippen LogP contribution in [0.15, 0.2) is 64.4 Å². The summed E-state index contributed by atoms with van der Waals surface area (Å²) in [4.78, 5) is 21.8. The van der Waals surface area contributed by atoms with Gasteiger partial charge in [0.2, 0.25) is 5.95 Å². The summed E-state index contributed by atoms with van der Waals surface area (Å²) in [6, 6.07) is 17.4. The van der Waals surface area contributed by atoms with Gasteiger partial charge in [0, 0.05) is 11.8 Å². The molecular formula is C22H23N5O2. The number of aromatic nitrogens is 2. The van der Waals surface area contributed by atoms with E-state index in [1.807, 2.05) is 55.5 Å². The Morgan fingerprint density at radius 3 is 2.52 bits per heavy atom. The number of nitrogens with one attached hydrogen (secondary N) is 2. The van der Waals surface area contributed by atoms with Crippen LogP contribution in [0, 0.1) is 13.8 Å². The maximum atomic E-state index is 12.7. The molecule has 0 aliphatic carbocycles. The van der Waals surface area contributed by atoms with Crippen LogP contribution in [0.4, 0.5) is 5.95 Å². The molecular weight excluding hydrogens is 366 g/mol. The highest BCUT2D eigenvalue weighted by molar-refractivity contribution is 5.93. The van der Waals surface area contributed by atoms with Crippen molar-refractivity contribution in [3.05, 3.63) is 87.3 Å². The molecule has 1 unspecified atom stereocenters. The molecule has 0 saturated carbocycles. The zero-order chi connectivity index (χ0) is 20.4. The van der Waals surface area contributed by atoms with Crippen LogP contribution in [0.5, 0.6) is 5.75 Å². The van der Waals surface area contributed by atoms with Crippen molar-refractivity contribution in [1.82, 2.24) is 14.9 Å². The minimum Gasteiger partial charge on any atom is -0.497 e. The third-order valence-corrected chi connectivity index (χ3v) is 4.81. The predicted molar refractivity (Wildman–Crippen MR) is 113 cm³/mol. The van der Waals surface area contributed by atoms with E-state index < -0.39 is 0 Å². The number of hydrogen-bond acceptors (Lipinski definition) is 4. The van der Waals surface area contributed by atoms with E-state index in [-0.39, 0.29) is 11.7 Å². The number of ether oxygens (including phenoxy) is 1. The van der Waals surface area contributed by atoms with Gasteiger partial charge in [-0.2, -0.15) is 0 Å². The highest BCUT2D eigenvalue weighted by Crippen LogP contribution is 2.22. The summed E-state index contributed by atoms with van der Waals surface area (Å²) in [7, 11) is 1.64. The van der Waals surface area contributed by atoms with Crippen LogP contribution >= 0.6 is 0 Å². The van der Waals surface area contributed by atoms with Crippen molar-refractivity contribution >= 4 is 11.9 Å². The molecule has 3 aromatic rings. The summed E-state index contributed by atoms with van der Waals surface area (Å²) in [5.41, 5.74) is 3.71. The minimum absolute atomic E-state index is 0.118. The van der Waals surface area contributed by atoms with Crippen LogP contribution in [-0.2, 0) is 6.54 Å². The fourth-order valence-electron chi connectivity index (χ4n) is 3.25. The molecule has 2 aromatic carbocycles. The second-order valence-corrected chi connectivity index (χ2v) is 7.02. The molecule has 1 aromatic heterocycles. The smallest absolute Gasteiger partial charge is 0.257 e. The van der Waals surface area contributed by atoms with Gasteiger partial charge in [-0.15, -0.1) is 0 Å². The number of rotatable bonds is 4. The summed E-state index contributed by atoms with van der Waals surface area (Å²) < 4.78 is 6.81. The van der Waals surface area contributed by atoms with Gasteiger partial charge in [0.05, 0.1) is 13.7 Å². The van der Waals surface area contributed by atoms with Gasteiger partial charge in [-0.3, -0.25) is 14.7 Å². The normalized spacial score (nSPS) is 16.7. The van der Waals surface area contributed by atoms with Crippen LogP contribution in [0.25, 0.3) is 0 Å². The fourth-order valence-corrected chi connectivity index (χ4v) is 3.25. The summed E-state index contributed by atoms with van der Waals surface area (Å²) in [6.07, 6.45) is -0.387. The maximum absolute atomic E-state index is 12.7. The molecule has 29 heavy (non-hydrogen) atoms. The molecule has 0 spiro atoms. The van der Waals surface area contributed by atoms with Gasteiger partial charge in [0.15, 0.2) is 5.96 Å². The lowest BCUT2D eigenvalue weighted by Crippen LogP contribution is -2.48. The summed E-state index contributed by atoms with van der Waals surface area (Å²) >= 11 is 0. The molecule has 2 N–H and O–H groups in total. The Morgan fingerprint density at radius 1 is 1.10 bits per heavy atom. The van der Waals surface area contributed by atoms with E-state index in [0.717, 1.165) is 22.4 Å². The molecule has 1 aliphatic rings. The Bertz CT molecular complexity index is 1100. The number of guanidine groups is 1. The Kier molecular flexibility index (Phi) is 5.03. The van der Waals surface area contributed by atoms with Crippen LogP contribution in [-0.4, -0.2) is 22.6 Å². The van der Waals surface area contributed by atoms with E-state index >= 15 is 0 Å². The molecule has 0 amide bonds. The number of anilines is 1. The molecule has 2 heterocycles. The summed E-state index contributed by atoms with van der Waals surface area (Å²) in [5.74, 6) is 1.86. The standard InChI is InChI=1S/C22H23N5O2/c1-14-4-8-17(9-5-14)20-25-21(23-13-16-6-10-18(29-3)11-7-16)26-22-24-15(2)12-19(28)27(20)22/h4-12,20H,13H2,1-3H3,(H2,23,24,25,26). The van der Waals surface area contributed by atoms with Gasteiger partial charge in [0.1, 0.15) is 11.9 Å². The molecule has 1 aliphatic heterocycles. The largest absolute Gasteiger partial charge is 0.497 e. The van der Waals surface area contributed by atoms with Crippen molar-refractivity contribution in [3.8, 4) is 5.75 Å². The van der Waals surface area contributed by atoms with Gasteiger partial charge in [-0.25, -0.2) is 9.98 Å². The molecule has 7 nitrogen and oxygen atoms in total. The SMILES string of the molecule is COc1ccc(CN=C2Nc3nc(C)cc(=O)n3C(c3ccc(C)cc3)N2)cc1. The first-order valence-corrected chi connectivity index (χ1v) is 9.41. The number of aryl methyl sites for hydroxylation is 2. The number of hydrogen-bond donors (Lipinski definition) is 2. The first-order valence-electron chi connectivity index (χ1n) is 9.41. The van der Waals surface area contributed by atoms with Crippen LogP contribution in [0.3, 0.4) is 0 Å². The zero-order valence-corrected chi connectivity index (χ0v) is 16.6. The topological polar surface area (TPSA) is 80.5 Å². The number of nitrogens with zero attached hydrogens (tertiary/aromatic N) is 3. The van der Waals surface area contributed by atoms with Crippen LogP contribution < -0.4 is 20.9 Å². The Balaban J connectivity index is 1.68. The Hall–Kier alpha value is -3.61. The van der Waals surface area contributed by atoms with Crippen LogP contribution in [0.1, 0.15) is 28.6 Å². The van der Waals surface area contributed by atoms with Crippen molar-refractivity contribution in [2.45, 2.75) is 26.6 Å². The number of fused-ring (bicyclic) bond motifs is 1. The molecule has 0 bridgehead atoms. The van der Waals surface area contributed by atoms with Crippen molar-refractivity contribution in [3.63, 3.8) is 0 Å². The highest BCUT2D eigenvalue weighted by Gasteiger charge is 2.26. The van der Waals surface area contributed by atoms with E-state index in [9.17, 15) is 4.79 Å². The summed E-state index contributed by atoms with van der Waals surface area (Å²) in [6.45, 7) is 4.32. The molecule has 4 rings (SSSR count). The van der Waals surface area contributed by atoms with Crippen molar-refractivity contribution < 1.29 is 4.74 Å². The molecule has 1 atom stereocenters. The molecule has 0 fully saturated rings. The lowest BCUT2D eigenvalue weighted by molar-refractivity contribution is 0.414. The average molecular weight is 389 g/mol. The van der Waals surface area contributed by atoms with E-state index in [2.05, 4.69) is 20.6 Å². The molecule has 0 saturated heterocycles. The second kappa shape index (κ2) is 7.79. The molecule has 148 valence electrons. The zero-order valence-electron chi connectivity index (χ0n) is 16.6. The third-order valence-electron chi connectivity index (χ3n) is 4.81. The third kappa shape index (κ3) is 3.99. The molecule has 0 radical (unpaired) electrons. The first-order chi connectivity index (χ1) is 14.0. The monoisotopic (exact) mass is 389 g/mol. The van der Waals surface area contributed by atoms with Crippen molar-refractivity contribution in [2.75, 3.05) is 12.4 Å². The van der Waals surface area contributed by atoms with E-state index in [1.165, 1.54) is 6.07 Å². The molecule has 7 heteroatoms. The number of benzene rings is 2. The fraction of sp³-hybridized carbons (Fsp3) is 0.227. The minimum atomic E-state index is -0.387. The van der Waals surface area contributed by atoms with Gasteiger partial charge in [0.25, 0.3) is 5.56 Å². The van der Waals surface area contributed by atoms with Gasteiger partial charge in [-0.05, 0) is 37.1 Å². The maximum Gasteiger partial charge on any atom is 0.257 e. The van der Waals surface area contributed by atoms with Gasteiger partial charge >= 0.3 is 0 Å². The summed E-state index contributed by atoms with van der Waals surface area (Å²) in [5, 5.41) is 6.48. The van der Waals surface area contributed by atoms with Crippen molar-refractivity contribution in [1.29, 1.82) is 0 Å². The number of aliphatic imine (C=N–C) groups is 1. The van der Waals surface area contributed by atoms with Crippen molar-refractivity contribution in [2.24, 2.45) is 4.99 Å². The van der Waals surface area contributed by atoms with Gasteiger partial charge in [-0.1, -0.05) is 42.0 Å².